The Hall–Kier alpha value is -3.26. The van der Waals surface area contributed by atoms with E-state index >= 15 is 0 Å². The molecule has 0 bridgehead atoms. The first-order valence-corrected chi connectivity index (χ1v) is 11.5. The van der Waals surface area contributed by atoms with Gasteiger partial charge in [-0.2, -0.15) is 0 Å². The van der Waals surface area contributed by atoms with Crippen LogP contribution in [0.5, 0.6) is 0 Å². The van der Waals surface area contributed by atoms with Gasteiger partial charge in [-0.1, -0.05) is 18.2 Å². The standard InChI is InChI=1S/C23H20FNO5S/c24-17-9-7-16(8-10-17)22(26)20-5-1-2-6-21(20)23(27)25-12-11-19(14-25)31(28,29)15-18-4-3-13-30-18/h1-10,13,19H,11-12,14-15H2/t19-/m0/s1. The molecule has 1 atom stereocenters. The number of nitrogens with zero attached hydrogens (tertiary/aromatic N) is 1. The highest BCUT2D eigenvalue weighted by Gasteiger charge is 2.36. The smallest absolute Gasteiger partial charge is 0.254 e. The van der Waals surface area contributed by atoms with Crippen molar-refractivity contribution in [2.45, 2.75) is 17.4 Å². The van der Waals surface area contributed by atoms with E-state index in [2.05, 4.69) is 0 Å². The molecule has 2 heterocycles. The van der Waals surface area contributed by atoms with Crippen molar-refractivity contribution in [2.24, 2.45) is 0 Å². The molecule has 0 N–H and O–H groups in total. The highest BCUT2D eigenvalue weighted by molar-refractivity contribution is 7.91. The Morgan fingerprint density at radius 1 is 1.00 bits per heavy atom. The summed E-state index contributed by atoms with van der Waals surface area (Å²) in [5.74, 6) is -1.11. The van der Waals surface area contributed by atoms with Gasteiger partial charge in [-0.3, -0.25) is 9.59 Å². The van der Waals surface area contributed by atoms with Gasteiger partial charge in [-0.15, -0.1) is 0 Å². The number of sulfone groups is 1. The van der Waals surface area contributed by atoms with Crippen molar-refractivity contribution in [3.05, 3.63) is 95.2 Å². The van der Waals surface area contributed by atoms with Crippen molar-refractivity contribution in [2.75, 3.05) is 13.1 Å². The molecule has 0 spiro atoms. The van der Waals surface area contributed by atoms with Crippen LogP contribution in [-0.4, -0.2) is 43.3 Å². The third kappa shape index (κ3) is 4.44. The average molecular weight is 441 g/mol. The van der Waals surface area contributed by atoms with E-state index in [0.717, 1.165) is 0 Å². The number of carbonyl (C=O) groups excluding carboxylic acids is 2. The lowest BCUT2D eigenvalue weighted by atomic mass is 9.97. The summed E-state index contributed by atoms with van der Waals surface area (Å²) in [5.41, 5.74) is 0.656. The Kier molecular flexibility index (Phi) is 5.73. The fourth-order valence-corrected chi connectivity index (χ4v) is 5.38. The van der Waals surface area contributed by atoms with E-state index in [1.54, 1.807) is 36.4 Å². The van der Waals surface area contributed by atoms with Crippen molar-refractivity contribution in [1.82, 2.24) is 4.90 Å². The van der Waals surface area contributed by atoms with Crippen LogP contribution in [0.15, 0.2) is 71.3 Å². The number of rotatable bonds is 6. The van der Waals surface area contributed by atoms with E-state index in [9.17, 15) is 22.4 Å². The summed E-state index contributed by atoms with van der Waals surface area (Å²) in [6, 6.07) is 14.7. The summed E-state index contributed by atoms with van der Waals surface area (Å²) in [7, 11) is -3.50. The van der Waals surface area contributed by atoms with E-state index in [0.29, 0.717) is 12.2 Å². The van der Waals surface area contributed by atoms with Crippen molar-refractivity contribution in [3.8, 4) is 0 Å². The van der Waals surface area contributed by atoms with Crippen molar-refractivity contribution in [3.63, 3.8) is 0 Å². The summed E-state index contributed by atoms with van der Waals surface area (Å²) in [6.45, 7) is 0.334. The molecule has 0 aliphatic carbocycles. The third-order valence-corrected chi connectivity index (χ3v) is 7.46. The molecule has 8 heteroatoms. The van der Waals surface area contributed by atoms with Crippen LogP contribution in [0.3, 0.4) is 0 Å². The second-order valence-electron chi connectivity index (χ2n) is 7.43. The maximum absolute atomic E-state index is 13.2. The quantitative estimate of drug-likeness (QED) is 0.547. The van der Waals surface area contributed by atoms with Crippen molar-refractivity contribution >= 4 is 21.5 Å². The summed E-state index contributed by atoms with van der Waals surface area (Å²) in [4.78, 5) is 27.5. The van der Waals surface area contributed by atoms with Crippen LogP contribution in [0.1, 0.15) is 38.5 Å². The molecule has 0 unspecified atom stereocenters. The average Bonchev–Trinajstić information content (AvgIpc) is 3.45. The number of hydrogen-bond donors (Lipinski definition) is 0. The maximum atomic E-state index is 13.2. The molecule has 31 heavy (non-hydrogen) atoms. The van der Waals surface area contributed by atoms with Crippen LogP contribution >= 0.6 is 0 Å². The van der Waals surface area contributed by atoms with Crippen LogP contribution in [-0.2, 0) is 15.6 Å². The molecule has 1 aliphatic heterocycles. The van der Waals surface area contributed by atoms with Crippen molar-refractivity contribution in [1.29, 1.82) is 0 Å². The zero-order valence-corrected chi connectivity index (χ0v) is 17.3. The minimum atomic E-state index is -3.50. The molecule has 2 aromatic carbocycles. The number of furan rings is 1. The van der Waals surface area contributed by atoms with Gasteiger partial charge in [0.1, 0.15) is 17.3 Å². The fourth-order valence-electron chi connectivity index (χ4n) is 3.71. The molecule has 6 nitrogen and oxygen atoms in total. The van der Waals surface area contributed by atoms with E-state index in [1.807, 2.05) is 0 Å². The van der Waals surface area contributed by atoms with E-state index < -0.39 is 32.6 Å². The van der Waals surface area contributed by atoms with Gasteiger partial charge in [0.25, 0.3) is 5.91 Å². The van der Waals surface area contributed by atoms with Gasteiger partial charge in [0.2, 0.25) is 0 Å². The Morgan fingerprint density at radius 3 is 2.39 bits per heavy atom. The molecule has 160 valence electrons. The zero-order valence-electron chi connectivity index (χ0n) is 16.5. The van der Waals surface area contributed by atoms with Crippen LogP contribution < -0.4 is 0 Å². The number of ketones is 1. The lowest BCUT2D eigenvalue weighted by Crippen LogP contribution is -2.33. The maximum Gasteiger partial charge on any atom is 0.254 e. The zero-order chi connectivity index (χ0) is 22.0. The molecule has 1 aromatic heterocycles. The largest absolute Gasteiger partial charge is 0.468 e. The Labute approximate surface area is 179 Å². The van der Waals surface area contributed by atoms with Gasteiger partial charge in [-0.05, 0) is 48.9 Å². The second kappa shape index (κ2) is 8.47. The molecular weight excluding hydrogens is 421 g/mol. The molecule has 0 saturated carbocycles. The van der Waals surface area contributed by atoms with Gasteiger partial charge in [-0.25, -0.2) is 12.8 Å². The Bertz CT molecular complexity index is 1200. The third-order valence-electron chi connectivity index (χ3n) is 5.37. The molecule has 1 amide bonds. The monoisotopic (exact) mass is 441 g/mol. The predicted octanol–water partition coefficient (Wildman–Crippen LogP) is 3.48. The van der Waals surface area contributed by atoms with Gasteiger partial charge >= 0.3 is 0 Å². The van der Waals surface area contributed by atoms with E-state index in [-0.39, 0.29) is 35.5 Å². The first-order chi connectivity index (χ1) is 14.8. The highest BCUT2D eigenvalue weighted by Crippen LogP contribution is 2.24. The second-order valence-corrected chi connectivity index (χ2v) is 9.71. The van der Waals surface area contributed by atoms with E-state index in [1.165, 1.54) is 35.4 Å². The number of halogens is 1. The lowest BCUT2D eigenvalue weighted by molar-refractivity contribution is 0.0788. The van der Waals surface area contributed by atoms with Gasteiger partial charge in [0, 0.05) is 24.2 Å². The number of likely N-dealkylation sites (tertiary alicyclic amines) is 1. The van der Waals surface area contributed by atoms with Gasteiger partial charge in [0.05, 0.1) is 17.1 Å². The van der Waals surface area contributed by atoms with Gasteiger partial charge < -0.3 is 9.32 Å². The number of carbonyl (C=O) groups is 2. The van der Waals surface area contributed by atoms with Crippen molar-refractivity contribution < 1.29 is 26.8 Å². The summed E-state index contributed by atoms with van der Waals surface area (Å²) in [6.07, 6.45) is 1.74. The molecule has 0 radical (unpaired) electrons. The summed E-state index contributed by atoms with van der Waals surface area (Å²) >= 11 is 0. The minimum Gasteiger partial charge on any atom is -0.468 e. The topological polar surface area (TPSA) is 84.7 Å². The van der Waals surface area contributed by atoms with Crippen LogP contribution in [0.4, 0.5) is 4.39 Å². The first-order valence-electron chi connectivity index (χ1n) is 9.77. The number of hydrogen-bond acceptors (Lipinski definition) is 5. The van der Waals surface area contributed by atoms with Gasteiger partial charge in [0.15, 0.2) is 15.6 Å². The number of amides is 1. The number of benzene rings is 2. The molecule has 4 rings (SSSR count). The lowest BCUT2D eigenvalue weighted by Gasteiger charge is -2.18. The van der Waals surface area contributed by atoms with Crippen LogP contribution in [0, 0.1) is 5.82 Å². The first kappa shape index (κ1) is 21.0. The SMILES string of the molecule is O=C(c1ccc(F)cc1)c1ccccc1C(=O)N1CC[C@H](S(=O)(=O)Cc2ccco2)C1. The van der Waals surface area contributed by atoms with Crippen LogP contribution in [0.25, 0.3) is 0 Å². The molecular formula is C23H20FNO5S. The summed E-state index contributed by atoms with van der Waals surface area (Å²) < 4.78 is 43.8. The minimum absolute atomic E-state index is 0.0565. The fraction of sp³-hybridized carbons (Fsp3) is 0.217. The highest BCUT2D eigenvalue weighted by atomic mass is 32.2. The van der Waals surface area contributed by atoms with E-state index in [4.69, 9.17) is 4.42 Å². The Morgan fingerprint density at radius 2 is 1.71 bits per heavy atom. The molecule has 1 fully saturated rings. The summed E-state index contributed by atoms with van der Waals surface area (Å²) in [5, 5.41) is -0.693. The molecule has 1 saturated heterocycles. The Balaban J connectivity index is 1.53. The normalized spacial score (nSPS) is 16.4. The molecule has 1 aliphatic rings. The predicted molar refractivity (Wildman–Crippen MR) is 112 cm³/mol. The van der Waals surface area contributed by atoms with Crippen LogP contribution in [0.2, 0.25) is 0 Å². The molecule has 3 aromatic rings.